The molecule has 0 unspecified atom stereocenters. The maximum Gasteiger partial charge on any atom is 0.135 e. The molecule has 0 radical (unpaired) electrons. The number of halogens is 1. The SMILES string of the molecule is COc1ccc(C[NH2+]C(=CC(N)=NCc2ccc(F)cc2)CO)cc1. The summed E-state index contributed by atoms with van der Waals surface area (Å²) in [6, 6.07) is 13.8. The number of hydrogen-bond donors (Lipinski definition) is 3. The number of aliphatic imine (C=N–C) groups is 1. The maximum absolute atomic E-state index is 12.9. The van der Waals surface area contributed by atoms with Crippen molar-refractivity contribution in [2.45, 2.75) is 13.1 Å². The van der Waals surface area contributed by atoms with E-state index in [1.807, 2.05) is 29.6 Å². The van der Waals surface area contributed by atoms with E-state index in [-0.39, 0.29) is 12.4 Å². The smallest absolute Gasteiger partial charge is 0.135 e. The Morgan fingerprint density at radius 3 is 2.40 bits per heavy atom. The number of rotatable bonds is 8. The number of quaternary nitrogens is 1. The zero-order valence-electron chi connectivity index (χ0n) is 14.2. The van der Waals surface area contributed by atoms with Gasteiger partial charge in [0.25, 0.3) is 0 Å². The largest absolute Gasteiger partial charge is 0.497 e. The van der Waals surface area contributed by atoms with Crippen LogP contribution in [0.5, 0.6) is 5.75 Å². The average molecular weight is 344 g/mol. The van der Waals surface area contributed by atoms with Crippen LogP contribution in [-0.2, 0) is 13.1 Å². The van der Waals surface area contributed by atoms with Gasteiger partial charge in [-0.1, -0.05) is 12.1 Å². The molecule has 5 N–H and O–H groups in total. The Morgan fingerprint density at radius 1 is 1.16 bits per heavy atom. The minimum atomic E-state index is -0.281. The third-order valence-corrected chi connectivity index (χ3v) is 3.63. The molecule has 2 rings (SSSR count). The quantitative estimate of drug-likeness (QED) is 0.499. The van der Waals surface area contributed by atoms with Gasteiger partial charge in [0.1, 0.15) is 36.3 Å². The second-order valence-corrected chi connectivity index (χ2v) is 5.50. The van der Waals surface area contributed by atoms with Gasteiger partial charge in [-0.25, -0.2) is 4.39 Å². The molecule has 0 aromatic heterocycles. The number of benzene rings is 2. The van der Waals surface area contributed by atoms with Gasteiger partial charge < -0.3 is 20.9 Å². The molecule has 132 valence electrons. The van der Waals surface area contributed by atoms with Gasteiger partial charge in [0.05, 0.1) is 13.7 Å². The fraction of sp³-hybridized carbons (Fsp3) is 0.211. The van der Waals surface area contributed by atoms with Gasteiger partial charge in [-0.05, 0) is 42.0 Å². The molecule has 0 fully saturated rings. The van der Waals surface area contributed by atoms with Gasteiger partial charge in [0.2, 0.25) is 0 Å². The summed E-state index contributed by atoms with van der Waals surface area (Å²) in [6.45, 7) is 0.907. The van der Waals surface area contributed by atoms with Gasteiger partial charge in [-0.2, -0.15) is 0 Å². The molecule has 2 aromatic rings. The van der Waals surface area contributed by atoms with Crippen LogP contribution < -0.4 is 15.8 Å². The van der Waals surface area contributed by atoms with Crippen molar-refractivity contribution in [2.75, 3.05) is 13.7 Å². The summed E-state index contributed by atoms with van der Waals surface area (Å²) in [5, 5.41) is 11.4. The molecule has 0 amide bonds. The van der Waals surface area contributed by atoms with Crippen LogP contribution in [0.1, 0.15) is 11.1 Å². The summed E-state index contributed by atoms with van der Waals surface area (Å²) in [5.74, 6) is 0.842. The summed E-state index contributed by atoms with van der Waals surface area (Å²) in [6.07, 6.45) is 1.65. The van der Waals surface area contributed by atoms with E-state index in [0.29, 0.717) is 24.6 Å². The lowest BCUT2D eigenvalue weighted by Crippen LogP contribution is -2.81. The monoisotopic (exact) mass is 344 g/mol. The van der Waals surface area contributed by atoms with E-state index >= 15 is 0 Å². The maximum atomic E-state index is 12.9. The minimum Gasteiger partial charge on any atom is -0.497 e. The number of amidine groups is 1. The predicted octanol–water partition coefficient (Wildman–Crippen LogP) is 1.33. The topological polar surface area (TPSA) is 84.5 Å². The second-order valence-electron chi connectivity index (χ2n) is 5.50. The molecule has 0 saturated heterocycles. The van der Waals surface area contributed by atoms with Crippen molar-refractivity contribution in [3.05, 3.63) is 77.2 Å². The van der Waals surface area contributed by atoms with Crippen LogP contribution in [0.2, 0.25) is 0 Å². The van der Waals surface area contributed by atoms with Crippen LogP contribution >= 0.6 is 0 Å². The van der Waals surface area contributed by atoms with Crippen LogP contribution in [0, 0.1) is 5.82 Å². The van der Waals surface area contributed by atoms with Crippen LogP contribution in [-0.4, -0.2) is 24.7 Å². The lowest BCUT2D eigenvalue weighted by molar-refractivity contribution is -0.625. The highest BCUT2D eigenvalue weighted by Crippen LogP contribution is 2.10. The number of hydrogen-bond acceptors (Lipinski definition) is 3. The first-order valence-corrected chi connectivity index (χ1v) is 7.92. The summed E-state index contributed by atoms with van der Waals surface area (Å²) in [4.78, 5) is 4.24. The first-order chi connectivity index (χ1) is 12.1. The van der Waals surface area contributed by atoms with Crippen LogP contribution in [0.4, 0.5) is 4.39 Å². The van der Waals surface area contributed by atoms with Crippen molar-refractivity contribution < 1.29 is 19.6 Å². The highest BCUT2D eigenvalue weighted by molar-refractivity contribution is 5.91. The van der Waals surface area contributed by atoms with E-state index in [2.05, 4.69) is 4.99 Å². The zero-order chi connectivity index (χ0) is 18.1. The summed E-state index contributed by atoms with van der Waals surface area (Å²) in [7, 11) is 1.63. The Balaban J connectivity index is 1.92. The lowest BCUT2D eigenvalue weighted by atomic mass is 10.2. The molecule has 0 aliphatic rings. The first-order valence-electron chi connectivity index (χ1n) is 7.92. The summed E-state index contributed by atoms with van der Waals surface area (Å²) in [5.41, 5.74) is 8.54. The minimum absolute atomic E-state index is 0.122. The van der Waals surface area contributed by atoms with E-state index in [9.17, 15) is 9.50 Å². The van der Waals surface area contributed by atoms with Crippen molar-refractivity contribution in [3.8, 4) is 5.75 Å². The Morgan fingerprint density at radius 2 is 1.80 bits per heavy atom. The molecule has 5 nitrogen and oxygen atoms in total. The molecule has 0 bridgehead atoms. The highest BCUT2D eigenvalue weighted by atomic mass is 19.1. The van der Waals surface area contributed by atoms with E-state index in [4.69, 9.17) is 10.5 Å². The van der Waals surface area contributed by atoms with Gasteiger partial charge in [0.15, 0.2) is 0 Å². The number of nitrogens with zero attached hydrogens (tertiary/aromatic N) is 1. The van der Waals surface area contributed by atoms with Gasteiger partial charge in [-0.3, -0.25) is 4.99 Å². The molecule has 0 spiro atoms. The number of ether oxygens (including phenoxy) is 1. The normalized spacial score (nSPS) is 12.3. The number of nitrogens with two attached hydrogens (primary N) is 2. The third-order valence-electron chi connectivity index (χ3n) is 3.63. The molecule has 0 aliphatic carbocycles. The Kier molecular flexibility index (Phi) is 7.13. The highest BCUT2D eigenvalue weighted by Gasteiger charge is 2.03. The van der Waals surface area contributed by atoms with E-state index in [1.54, 1.807) is 25.3 Å². The van der Waals surface area contributed by atoms with Crippen molar-refractivity contribution in [1.82, 2.24) is 0 Å². The van der Waals surface area contributed by atoms with Crippen LogP contribution in [0.3, 0.4) is 0 Å². The first kappa shape index (κ1) is 18.6. The molecule has 0 saturated carbocycles. The number of aliphatic hydroxyl groups is 1. The average Bonchev–Trinajstić information content (AvgIpc) is 2.65. The van der Waals surface area contributed by atoms with Crippen molar-refractivity contribution >= 4 is 5.84 Å². The molecule has 6 heteroatoms. The molecule has 2 aromatic carbocycles. The van der Waals surface area contributed by atoms with Crippen molar-refractivity contribution in [3.63, 3.8) is 0 Å². The van der Waals surface area contributed by atoms with Gasteiger partial charge in [-0.15, -0.1) is 0 Å². The molecular weight excluding hydrogens is 321 g/mol. The van der Waals surface area contributed by atoms with Crippen LogP contribution in [0.25, 0.3) is 0 Å². The molecular formula is C19H23FN3O2+. The van der Waals surface area contributed by atoms with Crippen molar-refractivity contribution in [2.24, 2.45) is 10.7 Å². The molecule has 25 heavy (non-hydrogen) atoms. The second kappa shape index (κ2) is 9.56. The Labute approximate surface area is 146 Å². The van der Waals surface area contributed by atoms with E-state index < -0.39 is 0 Å². The summed E-state index contributed by atoms with van der Waals surface area (Å²) >= 11 is 0. The number of methoxy groups -OCH3 is 1. The predicted molar refractivity (Wildman–Crippen MR) is 95.5 cm³/mol. The van der Waals surface area contributed by atoms with Crippen molar-refractivity contribution in [1.29, 1.82) is 0 Å². The summed E-state index contributed by atoms with van der Waals surface area (Å²) < 4.78 is 18.0. The van der Waals surface area contributed by atoms with E-state index in [1.165, 1.54) is 12.1 Å². The number of aliphatic hydroxyl groups excluding tert-OH is 1. The lowest BCUT2D eigenvalue weighted by Gasteiger charge is -2.05. The third kappa shape index (κ3) is 6.37. The van der Waals surface area contributed by atoms with E-state index in [0.717, 1.165) is 16.9 Å². The Hall–Kier alpha value is -2.70. The standard InChI is InChI=1S/C19H22FN3O2/c1-25-18-8-4-15(5-9-18)11-22-17(13-24)10-19(21)23-12-14-2-6-16(20)7-3-14/h2-10,22,24H,11-13H2,1H3,(H2,21,23)/p+1. The fourth-order valence-corrected chi connectivity index (χ4v) is 2.19. The zero-order valence-corrected chi connectivity index (χ0v) is 14.2. The molecule has 0 atom stereocenters. The van der Waals surface area contributed by atoms with Crippen LogP contribution in [0.15, 0.2) is 65.3 Å². The van der Waals surface area contributed by atoms with Gasteiger partial charge in [0, 0.05) is 11.6 Å². The Bertz CT molecular complexity index is 725. The molecule has 0 aliphatic heterocycles. The fourth-order valence-electron chi connectivity index (χ4n) is 2.19. The van der Waals surface area contributed by atoms with Gasteiger partial charge >= 0.3 is 0 Å². The molecule has 0 heterocycles.